The van der Waals surface area contributed by atoms with E-state index in [4.69, 9.17) is 29.8 Å². The highest BCUT2D eigenvalue weighted by atomic mass is 35.5. The largest absolute Gasteiger partial charge is 0.365 e. The molecule has 0 saturated carbocycles. The molecular formula is C26H23Cl2N3O2. The molecule has 1 aliphatic rings. The fourth-order valence-electron chi connectivity index (χ4n) is 4.36. The molecule has 1 aliphatic heterocycles. The molecule has 3 aromatic rings. The number of aliphatic hydroxyl groups is 1. The lowest BCUT2D eigenvalue weighted by molar-refractivity contribution is 0.0286. The third-order valence-electron chi connectivity index (χ3n) is 5.94. The zero-order valence-corrected chi connectivity index (χ0v) is 19.6. The number of hydrogen-bond acceptors (Lipinski definition) is 2. The SMILES string of the molecule is [C-]#[N+]c1cccc(C2(O)C(CCCC)N(c3ccc(Cl)cc3)C(=O)N2c2ccc(Cl)cc2)c1. The zero-order valence-electron chi connectivity index (χ0n) is 18.1. The van der Waals surface area contributed by atoms with Gasteiger partial charge >= 0.3 is 6.03 Å². The number of nitrogens with zero attached hydrogens (tertiary/aromatic N) is 3. The average Bonchev–Trinajstić information content (AvgIpc) is 3.06. The van der Waals surface area contributed by atoms with Gasteiger partial charge in [0.15, 0.2) is 11.4 Å². The Labute approximate surface area is 203 Å². The summed E-state index contributed by atoms with van der Waals surface area (Å²) in [4.78, 5) is 20.5. The maximum atomic E-state index is 14.0. The molecular weight excluding hydrogens is 457 g/mol. The van der Waals surface area contributed by atoms with Crippen LogP contribution in [0.3, 0.4) is 0 Å². The Morgan fingerprint density at radius 1 is 1.00 bits per heavy atom. The Bertz CT molecular complexity index is 1190. The number of anilines is 2. The minimum atomic E-state index is -1.71. The number of urea groups is 1. The minimum Gasteiger partial charge on any atom is -0.365 e. The molecule has 0 bridgehead atoms. The number of hydrogen-bond donors (Lipinski definition) is 1. The van der Waals surface area contributed by atoms with E-state index in [0.717, 1.165) is 12.8 Å². The molecule has 1 heterocycles. The van der Waals surface area contributed by atoms with Gasteiger partial charge in [0.1, 0.15) is 0 Å². The molecule has 0 aliphatic carbocycles. The Hall–Kier alpha value is -3.04. The summed E-state index contributed by atoms with van der Waals surface area (Å²) in [5, 5.41) is 13.5. The summed E-state index contributed by atoms with van der Waals surface area (Å²) in [5.74, 6) is 0. The molecule has 2 atom stereocenters. The Morgan fingerprint density at radius 3 is 2.18 bits per heavy atom. The third-order valence-corrected chi connectivity index (χ3v) is 6.44. The van der Waals surface area contributed by atoms with Gasteiger partial charge in [0.2, 0.25) is 0 Å². The third kappa shape index (κ3) is 4.18. The summed E-state index contributed by atoms with van der Waals surface area (Å²) in [6.07, 6.45) is 2.27. The van der Waals surface area contributed by atoms with Crippen LogP contribution in [0.15, 0.2) is 72.8 Å². The molecule has 2 unspecified atom stereocenters. The van der Waals surface area contributed by atoms with Crippen molar-refractivity contribution in [3.63, 3.8) is 0 Å². The maximum absolute atomic E-state index is 14.0. The molecule has 3 aromatic carbocycles. The topological polar surface area (TPSA) is 48.1 Å². The van der Waals surface area contributed by atoms with Crippen LogP contribution in [-0.2, 0) is 5.72 Å². The van der Waals surface area contributed by atoms with Gasteiger partial charge < -0.3 is 5.11 Å². The standard InChI is InChI=1S/C26H23Cl2N3O2/c1-3-4-8-24-26(33,18-6-5-7-21(17-18)29-2)31(23-15-11-20(28)12-16-23)25(32)30(24)22-13-9-19(27)10-14-22/h5-7,9-17,24,33H,3-4,8H2,1H3. The number of unbranched alkanes of at least 4 members (excludes halogenated alkanes) is 1. The van der Waals surface area contributed by atoms with Crippen LogP contribution in [0.1, 0.15) is 31.7 Å². The number of halogens is 2. The Kier molecular flexibility index (Phi) is 6.62. The summed E-state index contributed by atoms with van der Waals surface area (Å²) in [6, 6.07) is 19.7. The van der Waals surface area contributed by atoms with Crippen LogP contribution < -0.4 is 9.80 Å². The monoisotopic (exact) mass is 479 g/mol. The molecule has 2 amide bonds. The van der Waals surface area contributed by atoms with Crippen LogP contribution in [0.2, 0.25) is 10.0 Å². The van der Waals surface area contributed by atoms with E-state index in [0.29, 0.717) is 39.1 Å². The van der Waals surface area contributed by atoms with E-state index in [1.165, 1.54) is 4.90 Å². The second kappa shape index (κ2) is 9.44. The smallest absolute Gasteiger partial charge is 0.332 e. The van der Waals surface area contributed by atoms with Crippen molar-refractivity contribution in [2.24, 2.45) is 0 Å². The summed E-state index contributed by atoms with van der Waals surface area (Å²) >= 11 is 12.2. The molecule has 4 rings (SSSR count). The molecule has 0 aromatic heterocycles. The molecule has 1 fully saturated rings. The van der Waals surface area contributed by atoms with Crippen LogP contribution in [0.25, 0.3) is 4.85 Å². The Morgan fingerprint density at radius 2 is 1.61 bits per heavy atom. The van der Waals surface area contributed by atoms with Gasteiger partial charge in [0.25, 0.3) is 0 Å². The zero-order chi connectivity index (χ0) is 23.6. The second-order valence-electron chi connectivity index (χ2n) is 7.99. The van der Waals surface area contributed by atoms with Gasteiger partial charge in [0, 0.05) is 21.4 Å². The van der Waals surface area contributed by atoms with Crippen LogP contribution in [-0.4, -0.2) is 17.2 Å². The molecule has 7 heteroatoms. The lowest BCUT2D eigenvalue weighted by Crippen LogP contribution is -2.49. The summed E-state index contributed by atoms with van der Waals surface area (Å²) in [7, 11) is 0. The highest BCUT2D eigenvalue weighted by Crippen LogP contribution is 2.47. The number of carbonyl (C=O) groups is 1. The molecule has 0 spiro atoms. The molecule has 0 radical (unpaired) electrons. The first-order valence-corrected chi connectivity index (χ1v) is 11.5. The molecule has 1 N–H and O–H groups in total. The maximum Gasteiger partial charge on any atom is 0.332 e. The lowest BCUT2D eigenvalue weighted by atomic mass is 9.89. The van der Waals surface area contributed by atoms with E-state index in [1.807, 2.05) is 0 Å². The molecule has 168 valence electrons. The average molecular weight is 480 g/mol. The Balaban J connectivity index is 1.95. The number of amides is 2. The molecule has 33 heavy (non-hydrogen) atoms. The predicted octanol–water partition coefficient (Wildman–Crippen LogP) is 7.39. The fraction of sp³-hybridized carbons (Fsp3) is 0.231. The van der Waals surface area contributed by atoms with Crippen molar-refractivity contribution in [1.29, 1.82) is 0 Å². The van der Waals surface area contributed by atoms with Crippen molar-refractivity contribution in [2.45, 2.75) is 38.0 Å². The van der Waals surface area contributed by atoms with Gasteiger partial charge in [-0.05, 0) is 66.6 Å². The van der Waals surface area contributed by atoms with Crippen LogP contribution >= 0.6 is 23.2 Å². The number of benzene rings is 3. The van der Waals surface area contributed by atoms with Crippen molar-refractivity contribution in [2.75, 3.05) is 9.80 Å². The molecule has 1 saturated heterocycles. The van der Waals surface area contributed by atoms with Gasteiger partial charge in [-0.3, -0.25) is 9.80 Å². The van der Waals surface area contributed by atoms with E-state index in [-0.39, 0.29) is 6.03 Å². The van der Waals surface area contributed by atoms with Crippen LogP contribution in [0.5, 0.6) is 0 Å². The first kappa shape index (κ1) is 23.1. The summed E-state index contributed by atoms with van der Waals surface area (Å²) in [6.45, 7) is 9.50. The minimum absolute atomic E-state index is 0.364. The highest BCUT2D eigenvalue weighted by molar-refractivity contribution is 6.31. The van der Waals surface area contributed by atoms with Gasteiger partial charge in [-0.2, -0.15) is 0 Å². The van der Waals surface area contributed by atoms with E-state index in [1.54, 1.807) is 77.7 Å². The van der Waals surface area contributed by atoms with Crippen molar-refractivity contribution in [3.8, 4) is 0 Å². The number of rotatable bonds is 6. The van der Waals surface area contributed by atoms with Gasteiger partial charge in [-0.25, -0.2) is 9.64 Å². The second-order valence-corrected chi connectivity index (χ2v) is 8.86. The van der Waals surface area contributed by atoms with E-state index in [2.05, 4.69) is 11.8 Å². The number of carbonyl (C=O) groups excluding carboxylic acids is 1. The van der Waals surface area contributed by atoms with Gasteiger partial charge in [0.05, 0.1) is 12.6 Å². The van der Waals surface area contributed by atoms with Gasteiger partial charge in [-0.15, -0.1) is 0 Å². The quantitative estimate of drug-likeness (QED) is 0.374. The molecule has 5 nitrogen and oxygen atoms in total. The van der Waals surface area contributed by atoms with Crippen molar-refractivity contribution in [1.82, 2.24) is 0 Å². The summed E-state index contributed by atoms with van der Waals surface area (Å²) < 4.78 is 0. The first-order valence-electron chi connectivity index (χ1n) is 10.7. The van der Waals surface area contributed by atoms with Crippen LogP contribution in [0, 0.1) is 6.57 Å². The normalized spacial score (nSPS) is 20.2. The van der Waals surface area contributed by atoms with Crippen LogP contribution in [0.4, 0.5) is 21.9 Å². The summed E-state index contributed by atoms with van der Waals surface area (Å²) in [5.41, 5.74) is 0.320. The predicted molar refractivity (Wildman–Crippen MR) is 133 cm³/mol. The van der Waals surface area contributed by atoms with E-state index < -0.39 is 11.8 Å². The first-order chi connectivity index (χ1) is 15.9. The van der Waals surface area contributed by atoms with Crippen molar-refractivity contribution >= 4 is 46.3 Å². The van der Waals surface area contributed by atoms with Gasteiger partial charge in [-0.1, -0.05) is 61.2 Å². The van der Waals surface area contributed by atoms with E-state index in [9.17, 15) is 9.90 Å². The lowest BCUT2D eigenvalue weighted by Gasteiger charge is -2.37. The fourth-order valence-corrected chi connectivity index (χ4v) is 4.61. The highest BCUT2D eigenvalue weighted by Gasteiger charge is 2.58. The van der Waals surface area contributed by atoms with Crippen molar-refractivity contribution < 1.29 is 9.90 Å². The van der Waals surface area contributed by atoms with E-state index >= 15 is 0 Å². The van der Waals surface area contributed by atoms with Crippen molar-refractivity contribution in [3.05, 3.63) is 99.8 Å².